The smallest absolute Gasteiger partial charge is 0.0102 e. The van der Waals surface area contributed by atoms with E-state index in [9.17, 15) is 0 Å². The van der Waals surface area contributed by atoms with Gasteiger partial charge in [-0.3, -0.25) is 6.58 Å². The van der Waals surface area contributed by atoms with Crippen molar-refractivity contribution < 1.29 is 21.1 Å². The van der Waals surface area contributed by atoms with Crippen LogP contribution in [-0.4, -0.2) is 31.1 Å². The van der Waals surface area contributed by atoms with Crippen LogP contribution < -0.4 is 5.32 Å². The largest absolute Gasteiger partial charge is 0.553 e. The van der Waals surface area contributed by atoms with Crippen LogP contribution in [0.3, 0.4) is 0 Å². The van der Waals surface area contributed by atoms with E-state index in [1.165, 1.54) is 0 Å². The number of piperazine rings is 1. The third-order valence-corrected chi connectivity index (χ3v) is 1.34. The summed E-state index contributed by atoms with van der Waals surface area (Å²) >= 11 is 0. The Morgan fingerprint density at radius 2 is 1.89 bits per heavy atom. The molecule has 0 bridgehead atoms. The first-order chi connectivity index (χ1) is 3.93. The van der Waals surface area contributed by atoms with Gasteiger partial charge in [0.1, 0.15) is 0 Å². The summed E-state index contributed by atoms with van der Waals surface area (Å²) in [6, 6.07) is 0. The zero-order chi connectivity index (χ0) is 5.82. The van der Waals surface area contributed by atoms with E-state index in [-0.39, 0.29) is 21.1 Å². The van der Waals surface area contributed by atoms with Crippen LogP contribution in [0.15, 0.2) is 6.58 Å². The quantitative estimate of drug-likeness (QED) is 0.676. The maximum Gasteiger partial charge on any atom is 0.0102 e. The number of nitrogens with zero attached hydrogens (tertiary/aromatic N) is 1. The average molecular weight is 295 g/mol. The molecule has 1 rings (SSSR count). The summed E-state index contributed by atoms with van der Waals surface area (Å²) in [5.41, 5.74) is 0. The summed E-state index contributed by atoms with van der Waals surface area (Å²) in [5.74, 6) is 0. The summed E-state index contributed by atoms with van der Waals surface area (Å²) in [7, 11) is 0. The molecule has 0 radical (unpaired) electrons. The summed E-state index contributed by atoms with van der Waals surface area (Å²) < 4.78 is 0. The fourth-order valence-electron chi connectivity index (χ4n) is 0.823. The topological polar surface area (TPSA) is 15.3 Å². The van der Waals surface area contributed by atoms with E-state index in [1.807, 2.05) is 0 Å². The minimum atomic E-state index is 0. The fraction of sp³-hybridized carbons (Fsp3) is 0.667. The Bertz CT molecular complexity index is 79.1. The number of hydrogen-bond donors (Lipinski definition) is 1. The second-order valence-electron chi connectivity index (χ2n) is 1.90. The molecule has 9 heavy (non-hydrogen) atoms. The Kier molecular flexibility index (Phi) is 5.12. The van der Waals surface area contributed by atoms with Gasteiger partial charge in [0.25, 0.3) is 0 Å². The average Bonchev–Trinajstić information content (AvgIpc) is 1.90. The van der Waals surface area contributed by atoms with E-state index in [0.29, 0.717) is 0 Å². The van der Waals surface area contributed by atoms with Crippen LogP contribution in [0.5, 0.6) is 0 Å². The Morgan fingerprint density at radius 1 is 1.33 bits per heavy atom. The molecule has 3 heteroatoms. The first-order valence-corrected chi connectivity index (χ1v) is 2.92. The zero-order valence-electron chi connectivity index (χ0n) is 5.39. The first-order valence-electron chi connectivity index (χ1n) is 2.92. The minimum Gasteiger partial charge on any atom is -0.553 e. The molecular weight excluding hydrogens is 284 g/mol. The summed E-state index contributed by atoms with van der Waals surface area (Å²) in [6.07, 6.45) is 2.85. The van der Waals surface area contributed by atoms with Crippen LogP contribution in [-0.2, 0) is 21.1 Å². The fourth-order valence-corrected chi connectivity index (χ4v) is 0.823. The standard InChI is InChI=1S/C6H11N2.W/c1-2-8-5-3-7-4-6-8;/h7H,1,3-6H2;/q-1;. The van der Waals surface area contributed by atoms with Gasteiger partial charge in [0.15, 0.2) is 0 Å². The molecule has 0 atom stereocenters. The van der Waals surface area contributed by atoms with E-state index < -0.39 is 0 Å². The van der Waals surface area contributed by atoms with Gasteiger partial charge < -0.3 is 16.4 Å². The third-order valence-electron chi connectivity index (χ3n) is 1.34. The van der Waals surface area contributed by atoms with Crippen molar-refractivity contribution in [3.63, 3.8) is 0 Å². The van der Waals surface area contributed by atoms with Gasteiger partial charge in [-0.05, 0) is 13.1 Å². The molecule has 0 aromatic carbocycles. The van der Waals surface area contributed by atoms with Crippen molar-refractivity contribution in [2.45, 2.75) is 0 Å². The molecule has 0 aromatic rings. The van der Waals surface area contributed by atoms with Crippen LogP contribution in [0.1, 0.15) is 0 Å². The van der Waals surface area contributed by atoms with Crippen LogP contribution in [0.2, 0.25) is 0 Å². The normalized spacial score (nSPS) is 18.4. The molecule has 0 unspecified atom stereocenters. The SMILES string of the molecule is C=[C-]N1CCNCC1.[W]. The maximum absolute atomic E-state index is 3.56. The predicted molar refractivity (Wildman–Crippen MR) is 33.3 cm³/mol. The summed E-state index contributed by atoms with van der Waals surface area (Å²) in [4.78, 5) is 2.09. The van der Waals surface area contributed by atoms with Crippen molar-refractivity contribution in [3.05, 3.63) is 12.8 Å². The summed E-state index contributed by atoms with van der Waals surface area (Å²) in [5, 5.41) is 3.24. The van der Waals surface area contributed by atoms with Crippen molar-refractivity contribution in [3.8, 4) is 0 Å². The molecule has 0 saturated carbocycles. The minimum absolute atomic E-state index is 0. The van der Waals surface area contributed by atoms with E-state index >= 15 is 0 Å². The molecule has 1 aliphatic heterocycles. The van der Waals surface area contributed by atoms with Crippen molar-refractivity contribution in [1.82, 2.24) is 10.2 Å². The van der Waals surface area contributed by atoms with E-state index in [1.54, 1.807) is 0 Å². The third kappa shape index (κ3) is 3.02. The van der Waals surface area contributed by atoms with Gasteiger partial charge in [0.2, 0.25) is 0 Å². The molecule has 1 fully saturated rings. The second kappa shape index (κ2) is 5.01. The van der Waals surface area contributed by atoms with Gasteiger partial charge in [-0.25, -0.2) is 0 Å². The Hall–Kier alpha value is 0.188. The van der Waals surface area contributed by atoms with Crippen LogP contribution in [0.4, 0.5) is 0 Å². The van der Waals surface area contributed by atoms with Gasteiger partial charge in [0.05, 0.1) is 0 Å². The molecule has 1 aliphatic rings. The Morgan fingerprint density at radius 3 is 2.22 bits per heavy atom. The molecule has 1 heterocycles. The van der Waals surface area contributed by atoms with E-state index in [0.717, 1.165) is 26.2 Å². The second-order valence-corrected chi connectivity index (χ2v) is 1.90. The van der Waals surface area contributed by atoms with Gasteiger partial charge in [-0.1, -0.05) is 0 Å². The van der Waals surface area contributed by atoms with E-state index in [2.05, 4.69) is 23.0 Å². The van der Waals surface area contributed by atoms with Crippen LogP contribution >= 0.6 is 0 Å². The van der Waals surface area contributed by atoms with Gasteiger partial charge >= 0.3 is 0 Å². The molecule has 1 N–H and O–H groups in total. The Balaban J connectivity index is 0.000000640. The Labute approximate surface area is 70.6 Å². The number of nitrogens with one attached hydrogen (secondary N) is 1. The maximum atomic E-state index is 3.56. The van der Waals surface area contributed by atoms with Crippen molar-refractivity contribution in [2.24, 2.45) is 0 Å². The first kappa shape index (κ1) is 9.19. The molecule has 1 saturated heterocycles. The molecule has 0 spiro atoms. The number of hydrogen-bond acceptors (Lipinski definition) is 2. The zero-order valence-corrected chi connectivity index (χ0v) is 8.32. The van der Waals surface area contributed by atoms with Gasteiger partial charge in [-0.2, -0.15) is 0 Å². The molecule has 52 valence electrons. The molecule has 0 aliphatic carbocycles. The molecule has 0 amide bonds. The van der Waals surface area contributed by atoms with Gasteiger partial charge in [-0.15, -0.1) is 0 Å². The van der Waals surface area contributed by atoms with Crippen LogP contribution in [0, 0.1) is 6.20 Å². The van der Waals surface area contributed by atoms with Crippen molar-refractivity contribution in [2.75, 3.05) is 26.2 Å². The number of rotatable bonds is 1. The van der Waals surface area contributed by atoms with Gasteiger partial charge in [0, 0.05) is 34.2 Å². The molecule has 2 nitrogen and oxygen atoms in total. The molecular formula is C6H11N2W-. The van der Waals surface area contributed by atoms with Crippen LogP contribution in [0.25, 0.3) is 0 Å². The van der Waals surface area contributed by atoms with E-state index in [4.69, 9.17) is 0 Å². The van der Waals surface area contributed by atoms with Crippen molar-refractivity contribution >= 4 is 0 Å². The monoisotopic (exact) mass is 295 g/mol. The molecule has 0 aromatic heterocycles. The van der Waals surface area contributed by atoms with Crippen molar-refractivity contribution in [1.29, 1.82) is 0 Å². The predicted octanol–water partition coefficient (Wildman–Crippen LogP) is -0.164. The summed E-state index contributed by atoms with van der Waals surface area (Å²) in [6.45, 7) is 7.82.